The van der Waals surface area contributed by atoms with Gasteiger partial charge in [0.1, 0.15) is 0 Å². The molecule has 4 aromatic heterocycles. The summed E-state index contributed by atoms with van der Waals surface area (Å²) in [6, 6.07) is 5.83. The second-order valence-corrected chi connectivity index (χ2v) is 7.16. The summed E-state index contributed by atoms with van der Waals surface area (Å²) in [5.41, 5.74) is 1.83. The Morgan fingerprint density at radius 3 is 2.92 bits per heavy atom. The van der Waals surface area contributed by atoms with Crippen molar-refractivity contribution in [2.75, 3.05) is 5.84 Å². The monoisotopic (exact) mass is 374 g/mol. The number of thiophene rings is 1. The molecule has 0 amide bonds. The molecule has 0 fully saturated rings. The Kier molecular flexibility index (Phi) is 4.01. The molecular weight excluding hydrogens is 360 g/mol. The van der Waals surface area contributed by atoms with E-state index < -0.39 is 0 Å². The predicted octanol–water partition coefficient (Wildman–Crippen LogP) is 2.20. The zero-order valence-electron chi connectivity index (χ0n) is 13.4. The lowest BCUT2D eigenvalue weighted by molar-refractivity contribution is 0.426. The second kappa shape index (κ2) is 6.33. The molecule has 25 heavy (non-hydrogen) atoms. The largest absolute Gasteiger partial charge is 0.334 e. The topological polar surface area (TPSA) is 113 Å². The van der Waals surface area contributed by atoms with Crippen molar-refractivity contribution in [1.82, 2.24) is 34.8 Å². The van der Waals surface area contributed by atoms with Crippen LogP contribution in [0.15, 0.2) is 33.3 Å². The van der Waals surface area contributed by atoms with Crippen molar-refractivity contribution in [1.29, 1.82) is 0 Å². The van der Waals surface area contributed by atoms with Crippen molar-refractivity contribution in [3.8, 4) is 16.7 Å². The van der Waals surface area contributed by atoms with E-state index in [-0.39, 0.29) is 0 Å². The maximum atomic E-state index is 6.11. The van der Waals surface area contributed by atoms with Gasteiger partial charge < -0.3 is 10.4 Å². The van der Waals surface area contributed by atoms with Crippen LogP contribution in [0, 0.1) is 13.8 Å². The SMILES string of the molecule is Cc1cc(C)n(-c2nnc(SCc3noc(-c4cccs4)n3)n2N)n1. The van der Waals surface area contributed by atoms with Crippen molar-refractivity contribution in [2.45, 2.75) is 24.8 Å². The molecule has 0 saturated carbocycles. The van der Waals surface area contributed by atoms with Gasteiger partial charge in [-0.2, -0.15) is 10.1 Å². The quantitative estimate of drug-likeness (QED) is 0.418. The molecular formula is C14H14N8OS2. The maximum absolute atomic E-state index is 6.11. The molecule has 0 radical (unpaired) electrons. The van der Waals surface area contributed by atoms with Crippen molar-refractivity contribution in [2.24, 2.45) is 0 Å². The minimum absolute atomic E-state index is 0.459. The Morgan fingerprint density at radius 2 is 2.20 bits per heavy atom. The van der Waals surface area contributed by atoms with Gasteiger partial charge in [-0.25, -0.2) is 9.36 Å². The van der Waals surface area contributed by atoms with Crippen LogP contribution >= 0.6 is 23.1 Å². The van der Waals surface area contributed by atoms with Gasteiger partial charge in [0.25, 0.3) is 11.8 Å². The van der Waals surface area contributed by atoms with E-state index in [4.69, 9.17) is 10.4 Å². The number of thioether (sulfide) groups is 1. The molecule has 0 aliphatic rings. The third-order valence-electron chi connectivity index (χ3n) is 3.38. The zero-order chi connectivity index (χ0) is 17.4. The summed E-state index contributed by atoms with van der Waals surface area (Å²) in [5.74, 6) is 8.13. The molecule has 0 aliphatic heterocycles. The van der Waals surface area contributed by atoms with Crippen LogP contribution in [-0.4, -0.2) is 34.8 Å². The molecule has 4 aromatic rings. The third kappa shape index (κ3) is 3.03. The lowest BCUT2D eigenvalue weighted by atomic mass is 10.4. The Morgan fingerprint density at radius 1 is 1.32 bits per heavy atom. The molecule has 0 aromatic carbocycles. The Bertz CT molecular complexity index is 1000. The van der Waals surface area contributed by atoms with Crippen LogP contribution in [0.5, 0.6) is 0 Å². The summed E-state index contributed by atoms with van der Waals surface area (Å²) in [4.78, 5) is 5.32. The van der Waals surface area contributed by atoms with E-state index in [0.29, 0.717) is 28.6 Å². The first-order chi connectivity index (χ1) is 12.1. The molecule has 0 saturated heterocycles. The normalized spacial score (nSPS) is 11.3. The number of nitrogens with zero attached hydrogens (tertiary/aromatic N) is 7. The lowest BCUT2D eigenvalue weighted by Crippen LogP contribution is -2.17. The Labute approximate surface area is 150 Å². The van der Waals surface area contributed by atoms with E-state index in [0.717, 1.165) is 16.3 Å². The number of aromatic nitrogens is 7. The molecule has 0 spiro atoms. The molecule has 4 rings (SSSR count). The summed E-state index contributed by atoms with van der Waals surface area (Å²) < 4.78 is 8.34. The van der Waals surface area contributed by atoms with E-state index in [9.17, 15) is 0 Å². The fraction of sp³-hybridized carbons (Fsp3) is 0.214. The molecule has 0 unspecified atom stereocenters. The van der Waals surface area contributed by atoms with Crippen LogP contribution < -0.4 is 5.84 Å². The zero-order valence-corrected chi connectivity index (χ0v) is 15.1. The minimum atomic E-state index is 0.459. The fourth-order valence-corrected chi connectivity index (χ4v) is 3.62. The second-order valence-electron chi connectivity index (χ2n) is 5.27. The first kappa shape index (κ1) is 15.8. The molecule has 128 valence electrons. The van der Waals surface area contributed by atoms with Gasteiger partial charge in [0.2, 0.25) is 5.16 Å². The van der Waals surface area contributed by atoms with Gasteiger partial charge in [-0.15, -0.1) is 21.5 Å². The first-order valence-corrected chi connectivity index (χ1v) is 9.22. The van der Waals surface area contributed by atoms with E-state index in [1.807, 2.05) is 37.4 Å². The van der Waals surface area contributed by atoms with E-state index >= 15 is 0 Å². The van der Waals surface area contributed by atoms with E-state index in [1.165, 1.54) is 16.4 Å². The van der Waals surface area contributed by atoms with Crippen LogP contribution in [-0.2, 0) is 5.75 Å². The highest BCUT2D eigenvalue weighted by Gasteiger charge is 2.16. The summed E-state index contributed by atoms with van der Waals surface area (Å²) in [6.45, 7) is 3.85. The van der Waals surface area contributed by atoms with Crippen LogP contribution in [0.1, 0.15) is 17.2 Å². The Hall–Kier alpha value is -2.66. The average molecular weight is 374 g/mol. The fourth-order valence-electron chi connectivity index (χ4n) is 2.29. The molecule has 0 bridgehead atoms. The van der Waals surface area contributed by atoms with Crippen molar-refractivity contribution in [3.05, 3.63) is 40.8 Å². The molecule has 9 nitrogen and oxygen atoms in total. The maximum Gasteiger partial charge on any atom is 0.271 e. The molecule has 2 N–H and O–H groups in total. The van der Waals surface area contributed by atoms with Crippen LogP contribution in [0.4, 0.5) is 0 Å². The number of nitrogens with two attached hydrogens (primary N) is 1. The number of nitrogen functional groups attached to an aromatic ring is 1. The minimum Gasteiger partial charge on any atom is -0.334 e. The summed E-state index contributed by atoms with van der Waals surface area (Å²) in [6.07, 6.45) is 0. The Balaban J connectivity index is 1.50. The van der Waals surface area contributed by atoms with E-state index in [1.54, 1.807) is 16.0 Å². The number of rotatable bonds is 5. The average Bonchev–Trinajstić information content (AvgIpc) is 3.34. The predicted molar refractivity (Wildman–Crippen MR) is 93.9 cm³/mol. The van der Waals surface area contributed by atoms with Gasteiger partial charge in [0.15, 0.2) is 5.82 Å². The molecule has 0 atom stereocenters. The van der Waals surface area contributed by atoms with Gasteiger partial charge in [-0.05, 0) is 31.4 Å². The smallest absolute Gasteiger partial charge is 0.271 e. The van der Waals surface area contributed by atoms with Gasteiger partial charge in [-0.3, -0.25) is 0 Å². The number of aryl methyl sites for hydroxylation is 2. The third-order valence-corrected chi connectivity index (χ3v) is 5.17. The van der Waals surface area contributed by atoms with Crippen molar-refractivity contribution in [3.63, 3.8) is 0 Å². The summed E-state index contributed by atoms with van der Waals surface area (Å²) in [7, 11) is 0. The van der Waals surface area contributed by atoms with Crippen LogP contribution in [0.3, 0.4) is 0 Å². The number of hydrogen-bond donors (Lipinski definition) is 1. The van der Waals surface area contributed by atoms with Gasteiger partial charge in [0.05, 0.1) is 16.3 Å². The summed E-state index contributed by atoms with van der Waals surface area (Å²) in [5, 5.41) is 19.1. The van der Waals surface area contributed by atoms with Gasteiger partial charge in [-0.1, -0.05) is 23.0 Å². The molecule has 0 aliphatic carbocycles. The summed E-state index contributed by atoms with van der Waals surface area (Å²) >= 11 is 2.93. The van der Waals surface area contributed by atoms with Crippen molar-refractivity contribution < 1.29 is 4.52 Å². The molecule has 11 heteroatoms. The van der Waals surface area contributed by atoms with Gasteiger partial charge >= 0.3 is 0 Å². The lowest BCUT2D eigenvalue weighted by Gasteiger charge is -2.03. The highest BCUT2D eigenvalue weighted by molar-refractivity contribution is 7.98. The van der Waals surface area contributed by atoms with Gasteiger partial charge in [0, 0.05) is 5.69 Å². The first-order valence-electron chi connectivity index (χ1n) is 7.35. The number of hydrogen-bond acceptors (Lipinski definition) is 9. The van der Waals surface area contributed by atoms with Crippen LogP contribution in [0.2, 0.25) is 0 Å². The van der Waals surface area contributed by atoms with Crippen molar-refractivity contribution >= 4 is 23.1 Å². The van der Waals surface area contributed by atoms with Crippen LogP contribution in [0.25, 0.3) is 16.7 Å². The highest BCUT2D eigenvalue weighted by atomic mass is 32.2. The molecule has 4 heterocycles. The van der Waals surface area contributed by atoms with E-state index in [2.05, 4.69) is 25.4 Å². The highest BCUT2D eigenvalue weighted by Crippen LogP contribution is 2.25. The standard InChI is InChI=1S/C14H14N8OS2/c1-8-6-9(2)22(19-8)13-17-18-14(21(13)15)25-7-11-16-12(23-20-11)10-4-3-5-24-10/h3-6H,7,15H2,1-2H3.